The largest absolute Gasteiger partial charge is 0.496 e. The minimum Gasteiger partial charge on any atom is -0.496 e. The van der Waals surface area contributed by atoms with E-state index < -0.39 is 33.3 Å². The highest BCUT2D eigenvalue weighted by molar-refractivity contribution is 8.69. The molecule has 0 bridgehead atoms. The second-order valence-electron chi connectivity index (χ2n) is 12.0. The number of carboxylic acids is 1. The van der Waals surface area contributed by atoms with Crippen molar-refractivity contribution in [1.29, 1.82) is 0 Å². The van der Waals surface area contributed by atoms with E-state index in [0.29, 0.717) is 34.6 Å². The minimum atomic E-state index is -3.55. The van der Waals surface area contributed by atoms with Crippen molar-refractivity contribution in [2.75, 3.05) is 41.3 Å². The van der Waals surface area contributed by atoms with Crippen molar-refractivity contribution in [3.63, 3.8) is 0 Å². The van der Waals surface area contributed by atoms with E-state index in [4.69, 9.17) is 48.8 Å². The van der Waals surface area contributed by atoms with Gasteiger partial charge in [0, 0.05) is 26.7 Å². The number of fused-ring (bicyclic) bond motifs is 1. The molecule has 0 atom stereocenters. The van der Waals surface area contributed by atoms with Crippen LogP contribution < -0.4 is 10.6 Å². The third-order valence-electron chi connectivity index (χ3n) is 7.87. The van der Waals surface area contributed by atoms with Gasteiger partial charge in [-0.25, -0.2) is 13.2 Å². The van der Waals surface area contributed by atoms with Gasteiger partial charge in [0.25, 0.3) is 11.8 Å². The Balaban J connectivity index is 0.000000197. The normalized spacial score (nSPS) is 13.2. The lowest BCUT2D eigenvalue weighted by Gasteiger charge is -2.19. The molecule has 0 unspecified atom stereocenters. The molecular weight excluding hydrogens is 895 g/mol. The van der Waals surface area contributed by atoms with Gasteiger partial charge in [-0.05, 0) is 86.5 Å². The van der Waals surface area contributed by atoms with Crippen LogP contribution in [0.1, 0.15) is 41.5 Å². The van der Waals surface area contributed by atoms with Crippen LogP contribution in [0, 0.1) is 0 Å². The van der Waals surface area contributed by atoms with Crippen molar-refractivity contribution < 1.29 is 41.7 Å². The van der Waals surface area contributed by atoms with E-state index in [-0.39, 0.29) is 34.2 Å². The van der Waals surface area contributed by atoms with Gasteiger partial charge < -0.3 is 29.5 Å². The zero-order valence-electron chi connectivity index (χ0n) is 32.1. The fourth-order valence-electron chi connectivity index (χ4n) is 5.26. The summed E-state index contributed by atoms with van der Waals surface area (Å²) in [6.45, 7) is 6.54. The van der Waals surface area contributed by atoms with E-state index in [0.717, 1.165) is 20.8 Å². The number of hydrogen-bond donors (Lipinski definition) is 3. The summed E-state index contributed by atoms with van der Waals surface area (Å²) in [4.78, 5) is 36.2. The van der Waals surface area contributed by atoms with Gasteiger partial charge in [-0.1, -0.05) is 101 Å². The molecular formula is C41H41Cl2N2O9PS4. The molecule has 18 heteroatoms. The van der Waals surface area contributed by atoms with Crippen LogP contribution >= 0.6 is 52.0 Å². The molecule has 0 spiro atoms. The molecule has 59 heavy (non-hydrogen) atoms. The predicted molar refractivity (Wildman–Crippen MR) is 245 cm³/mol. The van der Waals surface area contributed by atoms with Crippen molar-refractivity contribution >= 4 is 114 Å². The quantitative estimate of drug-likeness (QED) is 0.0584. The minimum absolute atomic E-state index is 0.0137. The SMILES string of the molecule is CC1=C(C(=O)Nc2ccccc2)S(=O)(=O)CCO1.CCOP(=S)(OCC)SCSc1cc(Cl)ccc1Cl.O=C(O)c1ccccc1C(=O)Nc1cccc2ccccc12. The molecule has 0 saturated heterocycles. The number of carbonyl (C=O) groups is 3. The Morgan fingerprint density at radius 3 is 2.12 bits per heavy atom. The fraction of sp³-hybridized carbons (Fsp3) is 0.195. The second kappa shape index (κ2) is 23.2. The molecule has 0 aromatic heterocycles. The zero-order chi connectivity index (χ0) is 43.0. The number of halogens is 2. The predicted octanol–water partition coefficient (Wildman–Crippen LogP) is 11.2. The van der Waals surface area contributed by atoms with Gasteiger partial charge in [-0.3, -0.25) is 9.59 Å². The van der Waals surface area contributed by atoms with Gasteiger partial charge in [0.05, 0.1) is 40.2 Å². The average molecular weight is 936 g/mol. The van der Waals surface area contributed by atoms with Crippen LogP contribution in [-0.2, 0) is 40.2 Å². The first-order chi connectivity index (χ1) is 28.2. The molecule has 6 rings (SSSR count). The highest BCUT2D eigenvalue weighted by Gasteiger charge is 2.32. The molecule has 1 aliphatic rings. The topological polar surface area (TPSA) is 157 Å². The number of amides is 2. The molecule has 2 amide bonds. The molecule has 1 aliphatic heterocycles. The molecule has 5 aromatic rings. The maximum atomic E-state index is 12.4. The molecule has 5 aromatic carbocycles. The summed E-state index contributed by atoms with van der Waals surface area (Å²) >= 11 is 20.6. The highest BCUT2D eigenvalue weighted by Crippen LogP contribution is 2.62. The molecule has 0 radical (unpaired) electrons. The Morgan fingerprint density at radius 2 is 1.46 bits per heavy atom. The van der Waals surface area contributed by atoms with Gasteiger partial charge >= 0.3 is 5.97 Å². The summed E-state index contributed by atoms with van der Waals surface area (Å²) in [6, 6.07) is 33.5. The van der Waals surface area contributed by atoms with Crippen LogP contribution in [0.25, 0.3) is 10.8 Å². The third kappa shape index (κ3) is 14.4. The second-order valence-corrected chi connectivity index (χ2v) is 22.5. The summed E-state index contributed by atoms with van der Waals surface area (Å²) in [6.07, 6.45) is 0. The van der Waals surface area contributed by atoms with Gasteiger partial charge in [0.2, 0.25) is 5.69 Å². The molecule has 312 valence electrons. The van der Waals surface area contributed by atoms with E-state index in [1.54, 1.807) is 72.4 Å². The number of carbonyl (C=O) groups excluding carboxylic acids is 2. The summed E-state index contributed by atoms with van der Waals surface area (Å²) < 4.78 is 39.9. The first-order valence-electron chi connectivity index (χ1n) is 17.8. The average Bonchev–Trinajstić information content (AvgIpc) is 3.20. The molecule has 1 heterocycles. The molecule has 0 aliphatic carbocycles. The Hall–Kier alpha value is -3.89. The van der Waals surface area contributed by atoms with Crippen LogP contribution in [0.3, 0.4) is 0 Å². The van der Waals surface area contributed by atoms with Crippen LogP contribution in [0.2, 0.25) is 10.0 Å². The van der Waals surface area contributed by atoms with Crippen molar-refractivity contribution in [2.45, 2.75) is 25.7 Å². The monoisotopic (exact) mass is 934 g/mol. The van der Waals surface area contributed by atoms with Crippen LogP contribution in [0.5, 0.6) is 0 Å². The maximum absolute atomic E-state index is 12.4. The van der Waals surface area contributed by atoms with E-state index in [1.807, 2.05) is 56.3 Å². The number of benzene rings is 5. The van der Waals surface area contributed by atoms with E-state index in [9.17, 15) is 27.9 Å². The van der Waals surface area contributed by atoms with E-state index in [1.165, 1.54) is 30.4 Å². The third-order valence-corrected chi connectivity index (χ3v) is 17.5. The van der Waals surface area contributed by atoms with Crippen LogP contribution in [-0.4, -0.2) is 62.0 Å². The maximum Gasteiger partial charge on any atom is 0.336 e. The summed E-state index contributed by atoms with van der Waals surface area (Å²) in [5.41, 5.74) is -0.901. The lowest BCUT2D eigenvalue weighted by Crippen LogP contribution is -2.29. The number of hydrogen-bond acceptors (Lipinski definition) is 11. The molecule has 0 fully saturated rings. The first-order valence-corrected chi connectivity index (χ1v) is 25.5. The fourth-order valence-corrected chi connectivity index (χ4v) is 14.1. The standard InChI is InChI=1S/C18H13NO3.C12H13NO4S.C11H15Cl2O2PS3/c20-17(14-9-3-4-10-15(14)18(21)22)19-16-11-5-7-12-6-1-2-8-13(12)16;1-9-11(18(15,16)8-7-17-9)12(14)13-10-5-3-2-4-6-10;1-3-14-16(17,15-4-2)19-8-18-11-7-9(12)5-6-10(11)13/h1-11H,(H,19,20)(H,21,22);2-6H,7-8H2,1H3,(H,13,14);5-7H,3-4,8H2,1-2H3. The smallest absolute Gasteiger partial charge is 0.336 e. The van der Waals surface area contributed by atoms with Crippen LogP contribution in [0.15, 0.2) is 131 Å². The van der Waals surface area contributed by atoms with Gasteiger partial charge in [0.15, 0.2) is 14.7 Å². The molecule has 11 nitrogen and oxygen atoms in total. The number of nitrogens with one attached hydrogen (secondary N) is 2. The number of allylic oxidation sites excluding steroid dienone is 1. The highest BCUT2D eigenvalue weighted by atomic mass is 35.5. The van der Waals surface area contributed by atoms with Gasteiger partial charge in [-0.2, -0.15) is 0 Å². The van der Waals surface area contributed by atoms with E-state index >= 15 is 0 Å². The van der Waals surface area contributed by atoms with Crippen molar-refractivity contribution in [3.05, 3.63) is 147 Å². The molecule has 3 N–H and O–H groups in total. The number of aromatic carboxylic acids is 1. The molecule has 0 saturated carbocycles. The number of thioether (sulfide) groups is 1. The Kier molecular flexibility index (Phi) is 18.8. The first kappa shape index (κ1) is 47.8. The number of rotatable bonds is 13. The Labute approximate surface area is 367 Å². The lowest BCUT2D eigenvalue weighted by molar-refractivity contribution is -0.112. The zero-order valence-corrected chi connectivity index (χ0v) is 37.7. The number of anilines is 2. The summed E-state index contributed by atoms with van der Waals surface area (Å²) in [5.74, 6) is -2.23. The summed E-state index contributed by atoms with van der Waals surface area (Å²) in [7, 11) is -3.55. The Bertz CT molecular complexity index is 2440. The number of para-hydroxylation sites is 1. The summed E-state index contributed by atoms with van der Waals surface area (Å²) in [5, 5.41) is 18.5. The van der Waals surface area contributed by atoms with Gasteiger partial charge in [-0.15, -0.1) is 11.8 Å². The Morgan fingerprint density at radius 1 is 0.831 bits per heavy atom. The van der Waals surface area contributed by atoms with Crippen molar-refractivity contribution in [2.24, 2.45) is 0 Å². The van der Waals surface area contributed by atoms with Crippen molar-refractivity contribution in [3.8, 4) is 0 Å². The van der Waals surface area contributed by atoms with Gasteiger partial charge in [0.1, 0.15) is 12.4 Å². The van der Waals surface area contributed by atoms with Crippen LogP contribution in [0.4, 0.5) is 11.4 Å². The lowest BCUT2D eigenvalue weighted by atomic mass is 10.1. The number of carboxylic acid groups (broad SMARTS) is 1. The number of ether oxygens (including phenoxy) is 1. The van der Waals surface area contributed by atoms with Crippen molar-refractivity contribution in [1.82, 2.24) is 0 Å². The number of sulfone groups is 1. The van der Waals surface area contributed by atoms with E-state index in [2.05, 4.69) is 10.6 Å².